The van der Waals surface area contributed by atoms with Gasteiger partial charge in [0, 0.05) is 26.2 Å². The number of hydrogen-bond acceptors (Lipinski definition) is 9. The van der Waals surface area contributed by atoms with Crippen LogP contribution in [-0.2, 0) is 21.4 Å². The van der Waals surface area contributed by atoms with Gasteiger partial charge >= 0.3 is 18.9 Å². The second-order valence-corrected chi connectivity index (χ2v) is 10.9. The molecule has 0 aliphatic carbocycles. The van der Waals surface area contributed by atoms with Gasteiger partial charge in [-0.2, -0.15) is 13.1 Å². The van der Waals surface area contributed by atoms with Crippen molar-refractivity contribution in [2.24, 2.45) is 0 Å². The van der Waals surface area contributed by atoms with Crippen LogP contribution in [0.4, 0.5) is 32.2 Å². The summed E-state index contributed by atoms with van der Waals surface area (Å²) < 4.78 is 112. The number of amides is 1. The van der Waals surface area contributed by atoms with Gasteiger partial charge in [0.05, 0.1) is 17.3 Å². The van der Waals surface area contributed by atoms with Gasteiger partial charge in [0.25, 0.3) is 0 Å². The minimum absolute atomic E-state index is 0.0454. The van der Waals surface area contributed by atoms with E-state index in [-0.39, 0.29) is 43.3 Å². The summed E-state index contributed by atoms with van der Waals surface area (Å²) in [6.45, 7) is -4.31. The molecule has 236 valence electrons. The lowest BCUT2D eigenvalue weighted by Crippen LogP contribution is -2.60. The topological polar surface area (TPSA) is 151 Å². The molecule has 2 aromatic carbocycles. The fourth-order valence-electron chi connectivity index (χ4n) is 4.17. The van der Waals surface area contributed by atoms with Crippen molar-refractivity contribution in [1.82, 2.24) is 19.6 Å². The molecule has 19 heteroatoms. The predicted octanol–water partition coefficient (Wildman–Crippen LogP) is 3.01. The largest absolute Gasteiger partial charge is 0.573 e. The highest BCUT2D eigenvalue weighted by atomic mass is 32.2. The highest BCUT2D eigenvalue weighted by Gasteiger charge is 2.41. The highest BCUT2D eigenvalue weighted by molar-refractivity contribution is 7.89. The van der Waals surface area contributed by atoms with E-state index in [2.05, 4.69) is 24.8 Å². The van der Waals surface area contributed by atoms with Gasteiger partial charge < -0.3 is 24.8 Å². The molecule has 0 spiro atoms. The molecule has 1 aliphatic rings. The average molecular weight is 650 g/mol. The molecule has 0 unspecified atom stereocenters. The molecule has 1 saturated heterocycles. The molecule has 0 bridgehead atoms. The Morgan fingerprint density at radius 1 is 1.07 bits per heavy atom. The van der Waals surface area contributed by atoms with Crippen molar-refractivity contribution in [3.8, 4) is 11.5 Å². The van der Waals surface area contributed by atoms with Crippen molar-refractivity contribution >= 4 is 27.7 Å². The van der Waals surface area contributed by atoms with Crippen LogP contribution < -0.4 is 19.7 Å². The molecule has 4 rings (SSSR count). The maximum absolute atomic E-state index is 14.1. The Morgan fingerprint density at radius 2 is 1.77 bits per heavy atom. The number of anilines is 1. The molecule has 1 aliphatic heterocycles. The van der Waals surface area contributed by atoms with E-state index in [4.69, 9.17) is 5.11 Å². The fraction of sp³-hybridized carbons (Fsp3) is 0.280. The number of halogens is 6. The number of aromatic carboxylic acids is 1. The Morgan fingerprint density at radius 3 is 2.34 bits per heavy atom. The number of carboxylic acids is 1. The van der Waals surface area contributed by atoms with Gasteiger partial charge in [-0.1, -0.05) is 6.07 Å². The van der Waals surface area contributed by atoms with Crippen LogP contribution in [0, 0.1) is 5.82 Å². The van der Waals surface area contributed by atoms with Gasteiger partial charge in [0.2, 0.25) is 15.9 Å². The van der Waals surface area contributed by atoms with Crippen LogP contribution in [0.1, 0.15) is 16.1 Å². The van der Waals surface area contributed by atoms with Gasteiger partial charge in [0.15, 0.2) is 17.3 Å². The Bertz CT molecular complexity index is 1610. The van der Waals surface area contributed by atoms with Gasteiger partial charge in [0.1, 0.15) is 17.6 Å². The monoisotopic (exact) mass is 649 g/mol. The maximum Gasteiger partial charge on any atom is 0.573 e. The lowest BCUT2D eigenvalue weighted by molar-refractivity contribution is -0.274. The number of carbonyl (C=O) groups is 2. The molecule has 2 heterocycles. The first-order chi connectivity index (χ1) is 20.6. The van der Waals surface area contributed by atoms with Gasteiger partial charge in [-0.05, 0) is 42.0 Å². The quantitative estimate of drug-likeness (QED) is 0.314. The molecule has 1 fully saturated rings. The summed E-state index contributed by atoms with van der Waals surface area (Å²) in [6, 6.07) is 4.82. The summed E-state index contributed by atoms with van der Waals surface area (Å²) >= 11 is 0. The molecule has 3 aromatic rings. The molecule has 44 heavy (non-hydrogen) atoms. The molecular weight excluding hydrogens is 628 g/mol. The third kappa shape index (κ3) is 7.84. The summed E-state index contributed by atoms with van der Waals surface area (Å²) in [7, 11) is -4.50. The minimum Gasteiger partial charge on any atom is -0.476 e. The number of carbonyl (C=O) groups excluding carboxylic acids is 1. The smallest absolute Gasteiger partial charge is 0.476 e. The van der Waals surface area contributed by atoms with Crippen molar-refractivity contribution in [2.75, 3.05) is 24.5 Å². The van der Waals surface area contributed by atoms with E-state index in [0.717, 1.165) is 53.1 Å². The van der Waals surface area contributed by atoms with E-state index in [0.29, 0.717) is 0 Å². The molecule has 12 nitrogen and oxygen atoms in total. The third-order valence-electron chi connectivity index (χ3n) is 6.16. The molecule has 2 N–H and O–H groups in total. The Balaban J connectivity index is 1.58. The summed E-state index contributed by atoms with van der Waals surface area (Å²) in [5.41, 5.74) is -0.241. The van der Waals surface area contributed by atoms with Crippen LogP contribution in [0.25, 0.3) is 0 Å². The van der Waals surface area contributed by atoms with Gasteiger partial charge in [-0.3, -0.25) is 4.79 Å². The molecule has 1 aromatic heterocycles. The van der Waals surface area contributed by atoms with Gasteiger partial charge in [-0.25, -0.2) is 27.6 Å². The Kier molecular flexibility index (Phi) is 9.47. The number of alkyl halides is 5. The van der Waals surface area contributed by atoms with Crippen LogP contribution in [0.15, 0.2) is 59.8 Å². The van der Waals surface area contributed by atoms with E-state index >= 15 is 0 Å². The zero-order valence-electron chi connectivity index (χ0n) is 22.0. The van der Waals surface area contributed by atoms with Crippen molar-refractivity contribution in [2.45, 2.75) is 30.5 Å². The molecule has 0 saturated carbocycles. The number of carboxylic acid groups (broad SMARTS) is 1. The Hall–Kier alpha value is -4.65. The van der Waals surface area contributed by atoms with Crippen LogP contribution in [0.2, 0.25) is 0 Å². The number of ether oxygens (including phenoxy) is 2. The van der Waals surface area contributed by atoms with Crippen molar-refractivity contribution in [1.29, 1.82) is 0 Å². The molecule has 1 amide bonds. The number of benzene rings is 2. The number of sulfonamides is 1. The zero-order valence-corrected chi connectivity index (χ0v) is 22.9. The number of nitrogens with one attached hydrogen (secondary N) is 1. The van der Waals surface area contributed by atoms with E-state index < -0.39 is 63.1 Å². The van der Waals surface area contributed by atoms with Crippen LogP contribution >= 0.6 is 0 Å². The highest BCUT2D eigenvalue weighted by Crippen LogP contribution is 2.28. The van der Waals surface area contributed by atoms with Crippen LogP contribution in [0.5, 0.6) is 11.5 Å². The minimum atomic E-state index is -5.01. The first-order valence-corrected chi connectivity index (χ1v) is 13.8. The number of hydrogen-bond donors (Lipinski definition) is 2. The number of rotatable bonds is 10. The van der Waals surface area contributed by atoms with Crippen molar-refractivity contribution in [3.63, 3.8) is 0 Å². The summed E-state index contributed by atoms with van der Waals surface area (Å²) in [6.07, 6.45) is -2.92. The summed E-state index contributed by atoms with van der Waals surface area (Å²) in [5.74, 6) is -4.62. The van der Waals surface area contributed by atoms with E-state index in [1.54, 1.807) is 0 Å². The van der Waals surface area contributed by atoms with Crippen LogP contribution in [-0.4, -0.2) is 78.3 Å². The zero-order chi connectivity index (χ0) is 32.2. The van der Waals surface area contributed by atoms with Crippen LogP contribution in [0.3, 0.4) is 0 Å². The molecule has 0 radical (unpaired) electrons. The first-order valence-electron chi connectivity index (χ1n) is 12.3. The molecular formula is C25H21F6N5O7S. The number of piperazine rings is 1. The third-order valence-corrected chi connectivity index (χ3v) is 8.08. The van der Waals surface area contributed by atoms with Gasteiger partial charge in [-0.15, -0.1) is 13.2 Å². The second kappa shape index (κ2) is 12.9. The summed E-state index contributed by atoms with van der Waals surface area (Å²) in [5, 5.41) is 11.5. The van der Waals surface area contributed by atoms with Crippen molar-refractivity contribution in [3.05, 3.63) is 71.9 Å². The predicted molar refractivity (Wildman–Crippen MR) is 137 cm³/mol. The lowest BCUT2D eigenvalue weighted by atomic mass is 10.1. The van der Waals surface area contributed by atoms with E-state index in [1.165, 1.54) is 11.0 Å². The SMILES string of the molecule is O=C(O)c1cnc(N2CCN(S(=O)(=O)c3ccc(OC(F)(F)F)cc3)[C@@H](C(=O)NCc3ccc(OC(F)F)c(F)c3)C2)cn1. The van der Waals surface area contributed by atoms with Crippen molar-refractivity contribution < 1.29 is 58.9 Å². The Labute approximate surface area is 244 Å². The normalized spacial score (nSPS) is 16.1. The number of nitrogens with zero attached hydrogens (tertiary/aromatic N) is 4. The maximum atomic E-state index is 14.1. The lowest BCUT2D eigenvalue weighted by Gasteiger charge is -2.40. The average Bonchev–Trinajstić information content (AvgIpc) is 2.96. The number of aromatic nitrogens is 2. The van der Waals surface area contributed by atoms with E-state index in [9.17, 15) is 44.3 Å². The summed E-state index contributed by atoms with van der Waals surface area (Å²) in [4.78, 5) is 33.3. The standard InChI is InChI=1S/C25H21F6N5O7S/c26-17-9-14(1-6-20(17)42-24(27)28)10-34-22(37)19-13-35(21-12-32-18(11-33-21)23(38)39)7-8-36(19)44(40,41)16-4-2-15(3-5-16)43-25(29,30)31/h1-6,9,11-12,19,24H,7-8,10,13H2,(H,34,37)(H,38,39)/t19-/m1/s1. The fourth-order valence-corrected chi connectivity index (χ4v) is 5.74. The van der Waals surface area contributed by atoms with E-state index in [1.807, 2.05) is 0 Å². The molecule has 1 atom stereocenters. The second-order valence-electron chi connectivity index (χ2n) is 9.02. The first kappa shape index (κ1) is 32.3.